The van der Waals surface area contributed by atoms with Crippen LogP contribution in [-0.2, 0) is 6.42 Å². The van der Waals surface area contributed by atoms with Gasteiger partial charge in [-0.3, -0.25) is 0 Å². The van der Waals surface area contributed by atoms with Gasteiger partial charge in [-0.2, -0.15) is 0 Å². The molecule has 2 aliphatic rings. The molecule has 2 saturated carbocycles. The van der Waals surface area contributed by atoms with Crippen molar-refractivity contribution < 1.29 is 0 Å². The molecule has 0 bridgehead atoms. The third-order valence-electron chi connectivity index (χ3n) is 5.51. The SMILES string of the molecule is c1ccc2c(CCNC3CCCC(C4CC4)C3)c[nH]c2c1. The number of hydrogen-bond acceptors (Lipinski definition) is 1. The van der Waals surface area contributed by atoms with Crippen molar-refractivity contribution in [2.45, 2.75) is 51.0 Å². The average Bonchev–Trinajstić information content (AvgIpc) is 3.30. The molecule has 1 aromatic heterocycles. The Bertz CT molecular complexity index is 596. The Labute approximate surface area is 127 Å². The second kappa shape index (κ2) is 5.84. The number of rotatable bonds is 5. The van der Waals surface area contributed by atoms with Crippen molar-refractivity contribution >= 4 is 10.9 Å². The van der Waals surface area contributed by atoms with E-state index in [0.29, 0.717) is 0 Å². The van der Waals surface area contributed by atoms with Crippen LogP contribution < -0.4 is 5.32 Å². The third-order valence-corrected chi connectivity index (χ3v) is 5.51. The van der Waals surface area contributed by atoms with Crippen LogP contribution in [0.15, 0.2) is 30.5 Å². The van der Waals surface area contributed by atoms with Crippen LogP contribution >= 0.6 is 0 Å². The van der Waals surface area contributed by atoms with Crippen molar-refractivity contribution in [1.29, 1.82) is 0 Å². The highest BCUT2D eigenvalue weighted by Crippen LogP contribution is 2.43. The molecule has 2 unspecified atom stereocenters. The molecule has 2 fully saturated rings. The number of H-pyrrole nitrogens is 1. The van der Waals surface area contributed by atoms with Gasteiger partial charge in [0.05, 0.1) is 0 Å². The predicted molar refractivity (Wildman–Crippen MR) is 88.5 cm³/mol. The maximum atomic E-state index is 3.82. The van der Waals surface area contributed by atoms with Crippen molar-refractivity contribution in [1.82, 2.24) is 10.3 Å². The van der Waals surface area contributed by atoms with Gasteiger partial charge >= 0.3 is 0 Å². The van der Waals surface area contributed by atoms with Gasteiger partial charge in [-0.1, -0.05) is 31.0 Å². The van der Waals surface area contributed by atoms with Gasteiger partial charge < -0.3 is 10.3 Å². The Morgan fingerprint density at radius 2 is 1.95 bits per heavy atom. The van der Waals surface area contributed by atoms with Crippen molar-refractivity contribution in [3.63, 3.8) is 0 Å². The summed E-state index contributed by atoms with van der Waals surface area (Å²) >= 11 is 0. The van der Waals surface area contributed by atoms with Crippen LogP contribution in [0.1, 0.15) is 44.1 Å². The normalized spacial score (nSPS) is 26.3. The van der Waals surface area contributed by atoms with E-state index >= 15 is 0 Å². The summed E-state index contributed by atoms with van der Waals surface area (Å²) < 4.78 is 0. The Morgan fingerprint density at radius 1 is 1.05 bits per heavy atom. The molecule has 112 valence electrons. The zero-order valence-corrected chi connectivity index (χ0v) is 12.8. The lowest BCUT2D eigenvalue weighted by molar-refractivity contribution is 0.262. The largest absolute Gasteiger partial charge is 0.361 e. The molecule has 0 aliphatic heterocycles. The highest BCUT2D eigenvalue weighted by molar-refractivity contribution is 5.83. The van der Waals surface area contributed by atoms with Crippen LogP contribution in [0.25, 0.3) is 10.9 Å². The minimum absolute atomic E-state index is 0.773. The summed E-state index contributed by atoms with van der Waals surface area (Å²) in [6.07, 6.45) is 12.1. The quantitative estimate of drug-likeness (QED) is 0.842. The number of para-hydroxylation sites is 1. The fourth-order valence-corrected chi connectivity index (χ4v) is 4.16. The van der Waals surface area contributed by atoms with Gasteiger partial charge in [0.15, 0.2) is 0 Å². The smallest absolute Gasteiger partial charge is 0.0456 e. The van der Waals surface area contributed by atoms with Gasteiger partial charge in [-0.25, -0.2) is 0 Å². The van der Waals surface area contributed by atoms with Crippen molar-refractivity contribution in [2.24, 2.45) is 11.8 Å². The summed E-state index contributed by atoms with van der Waals surface area (Å²) in [7, 11) is 0. The molecule has 1 aromatic carbocycles. The van der Waals surface area contributed by atoms with Crippen LogP contribution in [0.5, 0.6) is 0 Å². The lowest BCUT2D eigenvalue weighted by Gasteiger charge is -2.30. The molecule has 2 aromatic rings. The number of benzene rings is 1. The highest BCUT2D eigenvalue weighted by Gasteiger charge is 2.34. The van der Waals surface area contributed by atoms with E-state index < -0.39 is 0 Å². The van der Waals surface area contributed by atoms with Gasteiger partial charge in [0.2, 0.25) is 0 Å². The second-order valence-corrected chi connectivity index (χ2v) is 7.02. The van der Waals surface area contributed by atoms with Crippen LogP contribution in [0.2, 0.25) is 0 Å². The van der Waals surface area contributed by atoms with E-state index in [1.807, 2.05) is 0 Å². The highest BCUT2D eigenvalue weighted by atomic mass is 14.9. The van der Waals surface area contributed by atoms with Gasteiger partial charge in [-0.15, -0.1) is 0 Å². The lowest BCUT2D eigenvalue weighted by Crippen LogP contribution is -2.35. The maximum Gasteiger partial charge on any atom is 0.0456 e. The van der Waals surface area contributed by atoms with Crippen LogP contribution in [-0.4, -0.2) is 17.6 Å². The van der Waals surface area contributed by atoms with E-state index in [-0.39, 0.29) is 0 Å². The number of hydrogen-bond donors (Lipinski definition) is 2. The van der Waals surface area contributed by atoms with E-state index in [4.69, 9.17) is 0 Å². The number of aromatic nitrogens is 1. The van der Waals surface area contributed by atoms with Crippen molar-refractivity contribution in [2.75, 3.05) is 6.54 Å². The van der Waals surface area contributed by atoms with E-state index in [2.05, 4.69) is 40.8 Å². The fourth-order valence-electron chi connectivity index (χ4n) is 4.16. The third kappa shape index (κ3) is 3.01. The first-order valence-corrected chi connectivity index (χ1v) is 8.68. The minimum Gasteiger partial charge on any atom is -0.361 e. The van der Waals surface area contributed by atoms with E-state index in [9.17, 15) is 0 Å². The number of nitrogens with one attached hydrogen (secondary N) is 2. The second-order valence-electron chi connectivity index (χ2n) is 7.02. The summed E-state index contributed by atoms with van der Waals surface area (Å²) in [5.41, 5.74) is 2.71. The van der Waals surface area contributed by atoms with Gasteiger partial charge in [0.25, 0.3) is 0 Å². The summed E-state index contributed by atoms with van der Waals surface area (Å²) in [6.45, 7) is 1.11. The zero-order valence-electron chi connectivity index (χ0n) is 12.8. The molecular formula is C19H26N2. The maximum absolute atomic E-state index is 3.82. The Morgan fingerprint density at radius 3 is 2.86 bits per heavy atom. The number of aromatic amines is 1. The first-order valence-electron chi connectivity index (χ1n) is 8.68. The fraction of sp³-hybridized carbons (Fsp3) is 0.579. The first-order chi connectivity index (χ1) is 10.4. The predicted octanol–water partition coefficient (Wildman–Crippen LogP) is 4.27. The Hall–Kier alpha value is -1.28. The van der Waals surface area contributed by atoms with Gasteiger partial charge in [-0.05, 0) is 62.1 Å². The van der Waals surface area contributed by atoms with E-state index in [1.54, 1.807) is 0 Å². The Balaban J connectivity index is 1.30. The van der Waals surface area contributed by atoms with Crippen molar-refractivity contribution in [3.05, 3.63) is 36.0 Å². The van der Waals surface area contributed by atoms with Crippen molar-refractivity contribution in [3.8, 4) is 0 Å². The molecule has 2 N–H and O–H groups in total. The molecule has 2 atom stereocenters. The van der Waals surface area contributed by atoms with Crippen LogP contribution in [0, 0.1) is 11.8 Å². The molecule has 2 heteroatoms. The van der Waals surface area contributed by atoms with Gasteiger partial charge in [0, 0.05) is 23.1 Å². The minimum atomic E-state index is 0.773. The molecule has 4 rings (SSSR count). The summed E-state index contributed by atoms with van der Waals surface area (Å²) in [4.78, 5) is 3.38. The number of fused-ring (bicyclic) bond motifs is 1. The monoisotopic (exact) mass is 282 g/mol. The first kappa shape index (κ1) is 13.4. The summed E-state index contributed by atoms with van der Waals surface area (Å²) in [5.74, 6) is 2.12. The van der Waals surface area contributed by atoms with E-state index in [1.165, 1.54) is 55.0 Å². The average molecular weight is 282 g/mol. The molecule has 0 amide bonds. The van der Waals surface area contributed by atoms with Crippen LogP contribution in [0.3, 0.4) is 0 Å². The topological polar surface area (TPSA) is 27.8 Å². The van der Waals surface area contributed by atoms with E-state index in [0.717, 1.165) is 30.8 Å². The Kier molecular flexibility index (Phi) is 3.72. The summed E-state index contributed by atoms with van der Waals surface area (Å²) in [6, 6.07) is 9.39. The molecular weight excluding hydrogens is 256 g/mol. The lowest BCUT2D eigenvalue weighted by atomic mass is 9.82. The molecule has 21 heavy (non-hydrogen) atoms. The molecule has 2 aliphatic carbocycles. The standard InChI is InChI=1S/C19H26N2/c1-2-7-19-18(6-1)16(13-21-19)10-11-20-17-5-3-4-15(12-17)14-8-9-14/h1-2,6-7,13-15,17,20-21H,3-5,8-12H2. The van der Waals surface area contributed by atoms with Gasteiger partial charge in [0.1, 0.15) is 0 Å². The summed E-state index contributed by atoms with van der Waals surface area (Å²) in [5, 5.41) is 5.21. The molecule has 2 nitrogen and oxygen atoms in total. The molecule has 0 spiro atoms. The molecule has 0 saturated heterocycles. The molecule has 1 heterocycles. The molecule has 0 radical (unpaired) electrons. The van der Waals surface area contributed by atoms with Crippen LogP contribution in [0.4, 0.5) is 0 Å². The zero-order chi connectivity index (χ0) is 14.1.